The van der Waals surface area contributed by atoms with E-state index in [2.05, 4.69) is 10.6 Å². The van der Waals surface area contributed by atoms with Crippen molar-refractivity contribution in [2.75, 3.05) is 18.9 Å². The van der Waals surface area contributed by atoms with E-state index >= 15 is 0 Å². The van der Waals surface area contributed by atoms with Gasteiger partial charge in [-0.1, -0.05) is 49.7 Å². The van der Waals surface area contributed by atoms with Crippen LogP contribution in [0, 0.1) is 26.7 Å². The van der Waals surface area contributed by atoms with Crippen LogP contribution in [0.2, 0.25) is 0 Å². The largest absolute Gasteiger partial charge is 0.340 e. The van der Waals surface area contributed by atoms with Crippen molar-refractivity contribution in [2.24, 2.45) is 5.92 Å². The van der Waals surface area contributed by atoms with E-state index in [0.29, 0.717) is 5.56 Å². The lowest BCUT2D eigenvalue weighted by molar-refractivity contribution is -0.135. The van der Waals surface area contributed by atoms with Crippen molar-refractivity contribution < 1.29 is 14.4 Å². The lowest BCUT2D eigenvalue weighted by Crippen LogP contribution is -2.51. The maximum Gasteiger partial charge on any atom is 0.251 e. The van der Waals surface area contributed by atoms with Crippen LogP contribution in [0.4, 0.5) is 5.69 Å². The molecule has 6 nitrogen and oxygen atoms in total. The highest BCUT2D eigenvalue weighted by atomic mass is 16.2. The van der Waals surface area contributed by atoms with Crippen molar-refractivity contribution in [3.8, 4) is 0 Å². The van der Waals surface area contributed by atoms with Gasteiger partial charge in [-0.2, -0.15) is 0 Å². The number of hydrogen-bond donors (Lipinski definition) is 2. The molecular weight excluding hydrogens is 378 g/mol. The fraction of sp³-hybridized carbons (Fsp3) is 0.375. The van der Waals surface area contributed by atoms with Crippen molar-refractivity contribution in [1.29, 1.82) is 0 Å². The first kappa shape index (κ1) is 23.1. The molecule has 160 valence electrons. The minimum Gasteiger partial charge on any atom is -0.340 e. The zero-order valence-corrected chi connectivity index (χ0v) is 18.6. The SMILES string of the molecule is Cc1ccc(C(=O)NC(C(=O)N(C)CC(=O)Nc2c(C)cccc2C)C(C)C)cc1. The Labute approximate surface area is 178 Å². The van der Waals surface area contributed by atoms with Crippen LogP contribution in [0.15, 0.2) is 42.5 Å². The molecule has 2 aromatic carbocycles. The molecular formula is C24H31N3O3. The van der Waals surface area contributed by atoms with E-state index in [1.54, 1.807) is 19.2 Å². The van der Waals surface area contributed by atoms with E-state index in [1.807, 2.05) is 65.0 Å². The van der Waals surface area contributed by atoms with Gasteiger partial charge in [-0.25, -0.2) is 0 Å². The third kappa shape index (κ3) is 5.92. The number of nitrogens with one attached hydrogen (secondary N) is 2. The summed E-state index contributed by atoms with van der Waals surface area (Å²) in [5.74, 6) is -1.02. The summed E-state index contributed by atoms with van der Waals surface area (Å²) in [6.45, 7) is 9.42. The summed E-state index contributed by atoms with van der Waals surface area (Å²) in [4.78, 5) is 39.4. The van der Waals surface area contributed by atoms with E-state index in [9.17, 15) is 14.4 Å². The van der Waals surface area contributed by atoms with Gasteiger partial charge in [-0.05, 0) is 49.9 Å². The van der Waals surface area contributed by atoms with Crippen molar-refractivity contribution in [1.82, 2.24) is 10.2 Å². The number of nitrogens with zero attached hydrogens (tertiary/aromatic N) is 1. The fourth-order valence-corrected chi connectivity index (χ4v) is 3.16. The monoisotopic (exact) mass is 409 g/mol. The van der Waals surface area contributed by atoms with Gasteiger partial charge in [0, 0.05) is 18.3 Å². The van der Waals surface area contributed by atoms with E-state index in [0.717, 1.165) is 22.4 Å². The highest BCUT2D eigenvalue weighted by Gasteiger charge is 2.28. The van der Waals surface area contributed by atoms with Crippen LogP contribution in [0.5, 0.6) is 0 Å². The van der Waals surface area contributed by atoms with Gasteiger partial charge in [0.1, 0.15) is 6.04 Å². The number of para-hydroxylation sites is 1. The number of aryl methyl sites for hydroxylation is 3. The highest BCUT2D eigenvalue weighted by Crippen LogP contribution is 2.19. The number of amides is 3. The van der Waals surface area contributed by atoms with Gasteiger partial charge in [0.15, 0.2) is 0 Å². The van der Waals surface area contributed by atoms with Crippen molar-refractivity contribution >= 4 is 23.4 Å². The molecule has 2 aromatic rings. The predicted molar refractivity (Wildman–Crippen MR) is 119 cm³/mol. The van der Waals surface area contributed by atoms with E-state index in [1.165, 1.54) is 4.90 Å². The molecule has 3 amide bonds. The predicted octanol–water partition coefficient (Wildman–Crippen LogP) is 3.46. The number of anilines is 1. The molecule has 0 saturated heterocycles. The summed E-state index contributed by atoms with van der Waals surface area (Å²) in [6, 6.07) is 12.2. The van der Waals surface area contributed by atoms with Crippen molar-refractivity contribution in [3.63, 3.8) is 0 Å². The van der Waals surface area contributed by atoms with Crippen LogP contribution >= 0.6 is 0 Å². The van der Waals surface area contributed by atoms with Gasteiger partial charge in [-0.3, -0.25) is 14.4 Å². The molecule has 2 rings (SSSR count). The molecule has 0 aliphatic heterocycles. The smallest absolute Gasteiger partial charge is 0.251 e. The second-order valence-electron chi connectivity index (χ2n) is 8.07. The van der Waals surface area contributed by atoms with Crippen LogP contribution < -0.4 is 10.6 Å². The van der Waals surface area contributed by atoms with Crippen molar-refractivity contribution in [3.05, 3.63) is 64.7 Å². The van der Waals surface area contributed by atoms with Crippen LogP contribution in [0.1, 0.15) is 40.9 Å². The standard InChI is InChI=1S/C24H31N3O3/c1-15(2)21(26-23(29)19-12-10-16(3)11-13-19)24(30)27(6)14-20(28)25-22-17(4)8-7-9-18(22)5/h7-13,15,21H,14H2,1-6H3,(H,25,28)(H,26,29). The lowest BCUT2D eigenvalue weighted by atomic mass is 10.0. The Hall–Kier alpha value is -3.15. The first-order valence-corrected chi connectivity index (χ1v) is 10.1. The van der Waals surface area contributed by atoms with Crippen LogP contribution in [0.25, 0.3) is 0 Å². The number of carbonyl (C=O) groups excluding carboxylic acids is 3. The van der Waals surface area contributed by atoms with Crippen LogP contribution in [0.3, 0.4) is 0 Å². The van der Waals surface area contributed by atoms with Gasteiger partial charge < -0.3 is 15.5 Å². The molecule has 2 N–H and O–H groups in total. The third-order valence-corrected chi connectivity index (χ3v) is 5.04. The first-order chi connectivity index (χ1) is 14.1. The zero-order chi connectivity index (χ0) is 22.4. The number of carbonyl (C=O) groups is 3. The molecule has 0 aliphatic rings. The van der Waals surface area contributed by atoms with Crippen molar-refractivity contribution in [2.45, 2.75) is 40.7 Å². The molecule has 0 aliphatic carbocycles. The molecule has 0 bridgehead atoms. The van der Waals surface area contributed by atoms with E-state index < -0.39 is 6.04 Å². The number of benzene rings is 2. The third-order valence-electron chi connectivity index (χ3n) is 5.04. The van der Waals surface area contributed by atoms with E-state index in [4.69, 9.17) is 0 Å². The van der Waals surface area contributed by atoms with Gasteiger partial charge >= 0.3 is 0 Å². The Bertz CT molecular complexity index is 900. The van der Waals surface area contributed by atoms with Gasteiger partial charge in [0.05, 0.1) is 6.54 Å². The molecule has 6 heteroatoms. The minimum absolute atomic E-state index is 0.101. The average Bonchev–Trinajstić information content (AvgIpc) is 2.68. The summed E-state index contributed by atoms with van der Waals surface area (Å²) in [7, 11) is 1.57. The number of likely N-dealkylation sites (N-methyl/N-ethyl adjacent to an activating group) is 1. The molecule has 0 heterocycles. The highest BCUT2D eigenvalue weighted by molar-refractivity contribution is 5.99. The van der Waals surface area contributed by atoms with Crippen LogP contribution in [-0.4, -0.2) is 42.3 Å². The fourth-order valence-electron chi connectivity index (χ4n) is 3.16. The van der Waals surface area contributed by atoms with Gasteiger partial charge in [-0.15, -0.1) is 0 Å². The van der Waals surface area contributed by atoms with Crippen LogP contribution in [-0.2, 0) is 9.59 Å². The maximum absolute atomic E-state index is 13.0. The first-order valence-electron chi connectivity index (χ1n) is 10.1. The summed E-state index contributed by atoms with van der Waals surface area (Å²) >= 11 is 0. The molecule has 30 heavy (non-hydrogen) atoms. The topological polar surface area (TPSA) is 78.5 Å². The molecule has 1 atom stereocenters. The normalized spacial score (nSPS) is 11.7. The average molecular weight is 410 g/mol. The Balaban J connectivity index is 2.04. The lowest BCUT2D eigenvalue weighted by Gasteiger charge is -2.27. The minimum atomic E-state index is -0.725. The van der Waals surface area contributed by atoms with Gasteiger partial charge in [0.2, 0.25) is 11.8 Å². The molecule has 0 saturated carbocycles. The molecule has 1 unspecified atom stereocenters. The Morgan fingerprint density at radius 1 is 0.933 bits per heavy atom. The summed E-state index contributed by atoms with van der Waals surface area (Å²) < 4.78 is 0. The zero-order valence-electron chi connectivity index (χ0n) is 18.6. The maximum atomic E-state index is 13.0. The summed E-state index contributed by atoms with van der Waals surface area (Å²) in [5, 5.41) is 5.70. The number of hydrogen-bond acceptors (Lipinski definition) is 3. The Morgan fingerprint density at radius 3 is 2.03 bits per heavy atom. The van der Waals surface area contributed by atoms with Gasteiger partial charge in [0.25, 0.3) is 5.91 Å². The second-order valence-corrected chi connectivity index (χ2v) is 8.07. The molecule has 0 fully saturated rings. The Kier molecular flexibility index (Phi) is 7.75. The Morgan fingerprint density at radius 2 is 1.50 bits per heavy atom. The second kappa shape index (κ2) is 10.1. The van der Waals surface area contributed by atoms with E-state index in [-0.39, 0.29) is 30.2 Å². The quantitative estimate of drug-likeness (QED) is 0.735. The summed E-state index contributed by atoms with van der Waals surface area (Å²) in [5.41, 5.74) is 4.23. The molecule has 0 spiro atoms. The summed E-state index contributed by atoms with van der Waals surface area (Å²) in [6.07, 6.45) is 0. The molecule has 0 aromatic heterocycles. The molecule has 0 radical (unpaired) electrons. The number of rotatable bonds is 7.